The molecule has 0 amide bonds. The average molecular weight is 286 g/mol. The highest BCUT2D eigenvalue weighted by Crippen LogP contribution is 2.32. The van der Waals surface area contributed by atoms with Crippen LogP contribution in [0.4, 0.5) is 0 Å². The number of ether oxygens (including phenoxy) is 2. The molecule has 1 aliphatic carbocycles. The molecule has 0 radical (unpaired) electrons. The number of hydrogen-bond acceptors (Lipinski definition) is 3. The minimum Gasteiger partial charge on any atom is -0.493 e. The van der Waals surface area contributed by atoms with E-state index in [-0.39, 0.29) is 0 Å². The summed E-state index contributed by atoms with van der Waals surface area (Å²) >= 11 is 0. The smallest absolute Gasteiger partial charge is 0.161 e. The van der Waals surface area contributed by atoms with Gasteiger partial charge in [0.05, 0.1) is 13.2 Å². The number of aryl methyl sites for hydroxylation is 2. The molecule has 1 saturated carbocycles. The fourth-order valence-corrected chi connectivity index (χ4v) is 2.86. The molecule has 2 aromatic rings. The Labute approximate surface area is 125 Å². The van der Waals surface area contributed by atoms with Gasteiger partial charge in [0, 0.05) is 11.9 Å². The molecule has 0 unspecified atom stereocenters. The average Bonchev–Trinajstić information content (AvgIpc) is 3.18. The number of methoxy groups -OCH3 is 1. The van der Waals surface area contributed by atoms with Crippen LogP contribution in [0.25, 0.3) is 0 Å². The lowest BCUT2D eigenvalue weighted by Gasteiger charge is -2.16. The summed E-state index contributed by atoms with van der Waals surface area (Å²) in [6, 6.07) is 8.25. The van der Waals surface area contributed by atoms with E-state index in [2.05, 4.69) is 22.3 Å². The predicted molar refractivity (Wildman–Crippen MR) is 81.9 cm³/mol. The van der Waals surface area contributed by atoms with Gasteiger partial charge in [-0.3, -0.25) is 5.10 Å². The summed E-state index contributed by atoms with van der Waals surface area (Å²) in [6.07, 6.45) is 8.91. The van der Waals surface area contributed by atoms with E-state index in [4.69, 9.17) is 9.47 Å². The van der Waals surface area contributed by atoms with E-state index in [1.165, 1.54) is 18.4 Å². The van der Waals surface area contributed by atoms with E-state index in [9.17, 15) is 0 Å². The maximum atomic E-state index is 6.13. The number of H-pyrrole nitrogens is 1. The second-order valence-electron chi connectivity index (χ2n) is 5.59. The van der Waals surface area contributed by atoms with E-state index < -0.39 is 0 Å². The predicted octanol–water partition coefficient (Wildman–Crippen LogP) is 3.52. The molecule has 1 aliphatic rings. The number of aromatic nitrogens is 2. The summed E-state index contributed by atoms with van der Waals surface area (Å²) in [5.74, 6) is 1.71. The molecule has 4 nitrogen and oxygen atoms in total. The molecule has 3 rings (SSSR count). The maximum absolute atomic E-state index is 6.13. The van der Waals surface area contributed by atoms with Crippen molar-refractivity contribution in [2.45, 2.75) is 44.6 Å². The van der Waals surface area contributed by atoms with Gasteiger partial charge in [-0.25, -0.2) is 0 Å². The van der Waals surface area contributed by atoms with Crippen LogP contribution < -0.4 is 9.47 Å². The monoisotopic (exact) mass is 286 g/mol. The number of rotatable bonds is 6. The van der Waals surface area contributed by atoms with Gasteiger partial charge in [0.15, 0.2) is 11.5 Å². The van der Waals surface area contributed by atoms with Crippen molar-refractivity contribution in [1.82, 2.24) is 10.2 Å². The first-order valence-electron chi connectivity index (χ1n) is 7.67. The van der Waals surface area contributed by atoms with Crippen LogP contribution in [-0.2, 0) is 12.8 Å². The maximum Gasteiger partial charge on any atom is 0.161 e. The third kappa shape index (κ3) is 3.57. The van der Waals surface area contributed by atoms with Crippen molar-refractivity contribution in [3.63, 3.8) is 0 Å². The van der Waals surface area contributed by atoms with Gasteiger partial charge in [-0.05, 0) is 62.3 Å². The van der Waals surface area contributed by atoms with Gasteiger partial charge < -0.3 is 9.47 Å². The summed E-state index contributed by atoms with van der Waals surface area (Å²) in [5.41, 5.74) is 2.42. The third-order valence-electron chi connectivity index (χ3n) is 4.07. The minimum absolute atomic E-state index is 0.349. The van der Waals surface area contributed by atoms with Gasteiger partial charge >= 0.3 is 0 Å². The van der Waals surface area contributed by atoms with E-state index in [1.807, 2.05) is 12.1 Å². The van der Waals surface area contributed by atoms with E-state index in [0.717, 1.165) is 42.9 Å². The number of aromatic amines is 1. The Bertz CT molecular complexity index is 560. The van der Waals surface area contributed by atoms with Crippen molar-refractivity contribution in [2.24, 2.45) is 0 Å². The second-order valence-corrected chi connectivity index (χ2v) is 5.59. The molecule has 0 saturated heterocycles. The third-order valence-corrected chi connectivity index (χ3v) is 4.07. The molecule has 1 N–H and O–H groups in total. The molecular formula is C17H22N2O2. The number of hydrogen-bond donors (Lipinski definition) is 1. The minimum atomic E-state index is 0.349. The quantitative estimate of drug-likeness (QED) is 0.883. The highest BCUT2D eigenvalue weighted by atomic mass is 16.5. The fourth-order valence-electron chi connectivity index (χ4n) is 2.86. The lowest BCUT2D eigenvalue weighted by molar-refractivity contribution is 0.200. The lowest BCUT2D eigenvalue weighted by Crippen LogP contribution is -2.11. The Hall–Kier alpha value is -1.97. The molecule has 21 heavy (non-hydrogen) atoms. The van der Waals surface area contributed by atoms with Crippen molar-refractivity contribution < 1.29 is 9.47 Å². The lowest BCUT2D eigenvalue weighted by atomic mass is 10.1. The van der Waals surface area contributed by atoms with Gasteiger partial charge in [0.1, 0.15) is 0 Å². The Morgan fingerprint density at radius 2 is 2.00 bits per heavy atom. The van der Waals surface area contributed by atoms with Crippen LogP contribution in [0.3, 0.4) is 0 Å². The molecule has 4 heteroatoms. The topological polar surface area (TPSA) is 47.1 Å². The molecule has 1 heterocycles. The van der Waals surface area contributed by atoms with E-state index in [0.29, 0.717) is 6.10 Å². The number of nitrogens with one attached hydrogen (secondary N) is 1. The van der Waals surface area contributed by atoms with Crippen LogP contribution in [0, 0.1) is 0 Å². The van der Waals surface area contributed by atoms with Crippen molar-refractivity contribution in [1.29, 1.82) is 0 Å². The van der Waals surface area contributed by atoms with E-state index >= 15 is 0 Å². The summed E-state index contributed by atoms with van der Waals surface area (Å²) in [4.78, 5) is 0. The van der Waals surface area contributed by atoms with Crippen LogP contribution >= 0.6 is 0 Å². The van der Waals surface area contributed by atoms with Crippen molar-refractivity contribution in [2.75, 3.05) is 7.11 Å². The fraction of sp³-hybridized carbons (Fsp3) is 0.471. The van der Waals surface area contributed by atoms with Crippen molar-refractivity contribution >= 4 is 0 Å². The Morgan fingerprint density at radius 1 is 1.14 bits per heavy atom. The van der Waals surface area contributed by atoms with Crippen LogP contribution in [-0.4, -0.2) is 23.4 Å². The summed E-state index contributed by atoms with van der Waals surface area (Å²) in [5, 5.41) is 6.98. The molecular weight excluding hydrogens is 264 g/mol. The first-order valence-corrected chi connectivity index (χ1v) is 7.67. The Morgan fingerprint density at radius 3 is 2.71 bits per heavy atom. The Balaban J connectivity index is 1.69. The first-order chi connectivity index (χ1) is 10.3. The zero-order chi connectivity index (χ0) is 14.5. The van der Waals surface area contributed by atoms with Crippen molar-refractivity contribution in [3.05, 3.63) is 41.7 Å². The van der Waals surface area contributed by atoms with Crippen molar-refractivity contribution in [3.8, 4) is 11.5 Å². The molecule has 0 atom stereocenters. The van der Waals surface area contributed by atoms with Crippen LogP contribution in [0.15, 0.2) is 30.5 Å². The van der Waals surface area contributed by atoms with Crippen LogP contribution in [0.5, 0.6) is 11.5 Å². The molecule has 112 valence electrons. The highest BCUT2D eigenvalue weighted by Gasteiger charge is 2.18. The number of benzene rings is 1. The van der Waals surface area contributed by atoms with Gasteiger partial charge in [-0.15, -0.1) is 0 Å². The van der Waals surface area contributed by atoms with Crippen LogP contribution in [0.2, 0.25) is 0 Å². The van der Waals surface area contributed by atoms with Gasteiger partial charge in [-0.1, -0.05) is 6.07 Å². The highest BCUT2D eigenvalue weighted by molar-refractivity contribution is 5.43. The van der Waals surface area contributed by atoms with E-state index in [1.54, 1.807) is 13.3 Å². The molecule has 0 bridgehead atoms. The van der Waals surface area contributed by atoms with Gasteiger partial charge in [0.2, 0.25) is 0 Å². The second kappa shape index (κ2) is 6.66. The summed E-state index contributed by atoms with van der Waals surface area (Å²) in [6.45, 7) is 0. The summed E-state index contributed by atoms with van der Waals surface area (Å²) in [7, 11) is 1.70. The molecule has 1 fully saturated rings. The van der Waals surface area contributed by atoms with Gasteiger partial charge in [0.25, 0.3) is 0 Å². The molecule has 1 aromatic carbocycles. The first kappa shape index (κ1) is 14.0. The molecule has 1 aromatic heterocycles. The summed E-state index contributed by atoms with van der Waals surface area (Å²) < 4.78 is 11.5. The van der Waals surface area contributed by atoms with Gasteiger partial charge in [-0.2, -0.15) is 5.10 Å². The SMILES string of the molecule is COc1ccc(CCc2ccn[nH]2)cc1OC1CCCC1. The molecule has 0 aliphatic heterocycles. The largest absolute Gasteiger partial charge is 0.493 e. The normalized spacial score (nSPS) is 15.3. The standard InChI is InChI=1S/C17H22N2O2/c1-20-16-9-7-13(6-8-14-10-11-18-19-14)12-17(16)21-15-4-2-3-5-15/h7,9-12,15H,2-6,8H2,1H3,(H,18,19). The van der Waals surface area contributed by atoms with Crippen LogP contribution in [0.1, 0.15) is 36.9 Å². The zero-order valence-electron chi connectivity index (χ0n) is 12.5. The number of nitrogens with zero attached hydrogens (tertiary/aromatic N) is 1. The Kier molecular flexibility index (Phi) is 4.43. The zero-order valence-corrected chi connectivity index (χ0v) is 12.5. The molecule has 0 spiro atoms.